The van der Waals surface area contributed by atoms with Crippen LogP contribution in [0.4, 0.5) is 10.2 Å². The average molecular weight is 361 g/mol. The second-order valence-electron chi connectivity index (χ2n) is 6.19. The first-order chi connectivity index (χ1) is 12.1. The number of hydrogen-bond donors (Lipinski definition) is 0. The zero-order chi connectivity index (χ0) is 17.4. The molecule has 25 heavy (non-hydrogen) atoms. The second kappa shape index (κ2) is 6.57. The largest absolute Gasteiger partial charge is 0.354 e. The van der Waals surface area contributed by atoms with Crippen molar-refractivity contribution in [2.75, 3.05) is 31.1 Å². The summed E-state index contributed by atoms with van der Waals surface area (Å²) in [6.45, 7) is 5.77. The molecule has 1 aromatic carbocycles. The SMILES string of the molecule is Cc1cc(N2CCN(Cc3c(F)cccc3Cl)CC2)n2ncnc2n1. The Morgan fingerprint density at radius 2 is 2.00 bits per heavy atom. The van der Waals surface area contributed by atoms with Gasteiger partial charge in [0.15, 0.2) is 0 Å². The topological polar surface area (TPSA) is 49.6 Å². The van der Waals surface area contributed by atoms with Crippen molar-refractivity contribution >= 4 is 23.2 Å². The molecule has 2 aromatic heterocycles. The van der Waals surface area contributed by atoms with Crippen LogP contribution < -0.4 is 4.90 Å². The highest BCUT2D eigenvalue weighted by molar-refractivity contribution is 6.31. The fraction of sp³-hybridized carbons (Fsp3) is 0.353. The third kappa shape index (κ3) is 3.17. The van der Waals surface area contributed by atoms with Gasteiger partial charge in [-0.1, -0.05) is 17.7 Å². The first kappa shape index (κ1) is 16.2. The maximum atomic E-state index is 14.0. The molecule has 130 valence electrons. The monoisotopic (exact) mass is 360 g/mol. The first-order valence-corrected chi connectivity index (χ1v) is 8.57. The van der Waals surface area contributed by atoms with Gasteiger partial charge in [0, 0.05) is 55.1 Å². The van der Waals surface area contributed by atoms with Gasteiger partial charge in [0.2, 0.25) is 0 Å². The molecule has 1 fully saturated rings. The van der Waals surface area contributed by atoms with Gasteiger partial charge in [0.25, 0.3) is 5.78 Å². The maximum absolute atomic E-state index is 14.0. The van der Waals surface area contributed by atoms with Crippen molar-refractivity contribution in [1.29, 1.82) is 0 Å². The minimum Gasteiger partial charge on any atom is -0.354 e. The zero-order valence-corrected chi connectivity index (χ0v) is 14.6. The lowest BCUT2D eigenvalue weighted by atomic mass is 10.2. The summed E-state index contributed by atoms with van der Waals surface area (Å²) in [5.74, 6) is 1.35. The van der Waals surface area contributed by atoms with Gasteiger partial charge in [-0.05, 0) is 19.1 Å². The van der Waals surface area contributed by atoms with E-state index in [1.807, 2.05) is 13.0 Å². The predicted octanol–water partition coefficient (Wildman–Crippen LogP) is 2.55. The van der Waals surface area contributed by atoms with Gasteiger partial charge < -0.3 is 4.90 Å². The highest BCUT2D eigenvalue weighted by atomic mass is 35.5. The summed E-state index contributed by atoms with van der Waals surface area (Å²) in [5, 5.41) is 4.75. The van der Waals surface area contributed by atoms with Crippen molar-refractivity contribution in [3.63, 3.8) is 0 Å². The minimum absolute atomic E-state index is 0.246. The molecule has 0 radical (unpaired) electrons. The Kier molecular flexibility index (Phi) is 4.27. The molecule has 8 heteroatoms. The van der Waals surface area contributed by atoms with E-state index in [0.717, 1.165) is 37.7 Å². The van der Waals surface area contributed by atoms with Crippen LogP contribution in [0.3, 0.4) is 0 Å². The number of piperazine rings is 1. The Bertz CT molecular complexity index is 883. The smallest absolute Gasteiger partial charge is 0.254 e. The van der Waals surface area contributed by atoms with Gasteiger partial charge >= 0.3 is 0 Å². The van der Waals surface area contributed by atoms with Gasteiger partial charge in [0.1, 0.15) is 18.0 Å². The van der Waals surface area contributed by atoms with E-state index in [4.69, 9.17) is 11.6 Å². The summed E-state index contributed by atoms with van der Waals surface area (Å²) < 4.78 is 15.7. The fourth-order valence-electron chi connectivity index (χ4n) is 3.18. The molecule has 0 N–H and O–H groups in total. The quantitative estimate of drug-likeness (QED) is 0.718. The van der Waals surface area contributed by atoms with Crippen LogP contribution in [0.5, 0.6) is 0 Å². The van der Waals surface area contributed by atoms with Crippen molar-refractivity contribution in [2.45, 2.75) is 13.5 Å². The van der Waals surface area contributed by atoms with E-state index in [-0.39, 0.29) is 5.82 Å². The van der Waals surface area contributed by atoms with Gasteiger partial charge in [-0.15, -0.1) is 0 Å². The summed E-state index contributed by atoms with van der Waals surface area (Å²) in [6, 6.07) is 6.84. The third-order valence-electron chi connectivity index (χ3n) is 4.50. The van der Waals surface area contributed by atoms with Crippen molar-refractivity contribution in [3.05, 3.63) is 52.7 Å². The Labute approximate surface area is 149 Å². The van der Waals surface area contributed by atoms with Gasteiger partial charge in [0.05, 0.1) is 0 Å². The third-order valence-corrected chi connectivity index (χ3v) is 4.85. The van der Waals surface area contributed by atoms with Crippen LogP contribution in [0.25, 0.3) is 5.78 Å². The molecule has 0 aliphatic carbocycles. The van der Waals surface area contributed by atoms with Gasteiger partial charge in [-0.3, -0.25) is 4.90 Å². The Morgan fingerprint density at radius 1 is 1.20 bits per heavy atom. The number of hydrogen-bond acceptors (Lipinski definition) is 5. The predicted molar refractivity (Wildman–Crippen MR) is 94.4 cm³/mol. The number of anilines is 1. The van der Waals surface area contributed by atoms with Gasteiger partial charge in [-0.2, -0.15) is 14.6 Å². The van der Waals surface area contributed by atoms with Crippen LogP contribution in [-0.4, -0.2) is 50.7 Å². The van der Waals surface area contributed by atoms with Crippen LogP contribution in [0.15, 0.2) is 30.6 Å². The van der Waals surface area contributed by atoms with E-state index in [1.54, 1.807) is 16.6 Å². The number of aromatic nitrogens is 4. The lowest BCUT2D eigenvalue weighted by Crippen LogP contribution is -2.46. The molecule has 1 aliphatic rings. The molecule has 0 bridgehead atoms. The summed E-state index contributed by atoms with van der Waals surface area (Å²) in [6.07, 6.45) is 1.52. The molecule has 0 unspecified atom stereocenters. The molecule has 0 saturated carbocycles. The summed E-state index contributed by atoms with van der Waals surface area (Å²) in [7, 11) is 0. The van der Waals surface area contributed by atoms with Crippen LogP contribution in [0.1, 0.15) is 11.3 Å². The van der Waals surface area contributed by atoms with E-state index in [0.29, 0.717) is 22.9 Å². The highest BCUT2D eigenvalue weighted by Gasteiger charge is 2.21. The van der Waals surface area contributed by atoms with E-state index in [9.17, 15) is 4.39 Å². The standard InChI is InChI=1S/C17H18ClFN6/c1-12-9-16(25-17(22-12)20-11-21-25)24-7-5-23(6-8-24)10-13-14(18)3-2-4-15(13)19/h2-4,9,11H,5-8,10H2,1H3. The van der Waals surface area contributed by atoms with Crippen molar-refractivity contribution in [3.8, 4) is 0 Å². The normalized spacial score (nSPS) is 15.9. The number of aryl methyl sites for hydroxylation is 1. The number of halogens is 2. The number of benzene rings is 1. The molecular weight excluding hydrogens is 343 g/mol. The lowest BCUT2D eigenvalue weighted by molar-refractivity contribution is 0.246. The lowest BCUT2D eigenvalue weighted by Gasteiger charge is -2.36. The molecule has 6 nitrogen and oxygen atoms in total. The molecular formula is C17H18ClFN6. The Hall–Kier alpha value is -2.25. The number of rotatable bonds is 3. The van der Waals surface area contributed by atoms with E-state index in [1.165, 1.54) is 12.4 Å². The Balaban J connectivity index is 1.49. The molecule has 0 atom stereocenters. The van der Waals surface area contributed by atoms with Crippen LogP contribution in [0.2, 0.25) is 5.02 Å². The number of fused-ring (bicyclic) bond motifs is 1. The van der Waals surface area contributed by atoms with Crippen molar-refractivity contribution < 1.29 is 4.39 Å². The average Bonchev–Trinajstić information content (AvgIpc) is 3.06. The van der Waals surface area contributed by atoms with Crippen LogP contribution in [0, 0.1) is 12.7 Å². The summed E-state index contributed by atoms with van der Waals surface area (Å²) >= 11 is 6.14. The van der Waals surface area contributed by atoms with Crippen LogP contribution >= 0.6 is 11.6 Å². The maximum Gasteiger partial charge on any atom is 0.254 e. The van der Waals surface area contributed by atoms with E-state index < -0.39 is 0 Å². The van der Waals surface area contributed by atoms with E-state index in [2.05, 4.69) is 24.9 Å². The molecule has 4 rings (SSSR count). The molecule has 1 aliphatic heterocycles. The van der Waals surface area contributed by atoms with Gasteiger partial charge in [-0.25, -0.2) is 9.37 Å². The van der Waals surface area contributed by atoms with Crippen LogP contribution in [-0.2, 0) is 6.54 Å². The zero-order valence-electron chi connectivity index (χ0n) is 13.9. The fourth-order valence-corrected chi connectivity index (χ4v) is 3.40. The molecule has 0 spiro atoms. The molecule has 1 saturated heterocycles. The van der Waals surface area contributed by atoms with E-state index >= 15 is 0 Å². The summed E-state index contributed by atoms with van der Waals surface area (Å²) in [5.41, 5.74) is 1.48. The molecule has 3 aromatic rings. The molecule has 3 heterocycles. The first-order valence-electron chi connectivity index (χ1n) is 8.19. The Morgan fingerprint density at radius 3 is 2.76 bits per heavy atom. The van der Waals surface area contributed by atoms with Crippen molar-refractivity contribution in [1.82, 2.24) is 24.5 Å². The summed E-state index contributed by atoms with van der Waals surface area (Å²) in [4.78, 5) is 13.0. The minimum atomic E-state index is -0.246. The van der Waals surface area contributed by atoms with Crippen molar-refractivity contribution in [2.24, 2.45) is 0 Å². The number of nitrogens with zero attached hydrogens (tertiary/aromatic N) is 6. The molecule has 0 amide bonds. The second-order valence-corrected chi connectivity index (χ2v) is 6.60. The highest BCUT2D eigenvalue weighted by Crippen LogP contribution is 2.23.